The topological polar surface area (TPSA) is 84.7 Å². The van der Waals surface area contributed by atoms with Gasteiger partial charge in [-0.2, -0.15) is 0 Å². The minimum atomic E-state index is -0.195. The predicted molar refractivity (Wildman–Crippen MR) is 75.2 cm³/mol. The molecule has 0 bridgehead atoms. The van der Waals surface area contributed by atoms with Gasteiger partial charge in [0.1, 0.15) is 0 Å². The van der Waals surface area contributed by atoms with E-state index in [9.17, 15) is 9.59 Å². The molecule has 1 heterocycles. The molecule has 0 saturated carbocycles. The third kappa shape index (κ3) is 3.96. The van der Waals surface area contributed by atoms with E-state index in [1.54, 1.807) is 29.2 Å². The summed E-state index contributed by atoms with van der Waals surface area (Å²) in [5.41, 5.74) is 6.71. The van der Waals surface area contributed by atoms with Crippen LogP contribution in [-0.2, 0) is 9.53 Å². The van der Waals surface area contributed by atoms with Crippen molar-refractivity contribution >= 4 is 17.5 Å². The van der Waals surface area contributed by atoms with Crippen LogP contribution in [0.25, 0.3) is 0 Å². The molecule has 20 heavy (non-hydrogen) atoms. The molecule has 1 aromatic carbocycles. The van der Waals surface area contributed by atoms with Crippen LogP contribution in [0.4, 0.5) is 5.69 Å². The van der Waals surface area contributed by atoms with Crippen LogP contribution in [0.1, 0.15) is 16.8 Å². The average molecular weight is 277 g/mol. The molecule has 1 aliphatic rings. The first-order chi connectivity index (χ1) is 9.66. The Morgan fingerprint density at radius 2 is 1.85 bits per heavy atom. The van der Waals surface area contributed by atoms with Gasteiger partial charge in [-0.15, -0.1) is 0 Å². The molecule has 1 aromatic rings. The standard InChI is InChI=1S/C14H19N3O3/c15-12-3-1-11(2-4-12)14(19)16-6-5-13(18)17-7-9-20-10-8-17/h1-4H,5-10,15H2,(H,16,19). The van der Waals surface area contributed by atoms with Gasteiger partial charge in [0.25, 0.3) is 5.91 Å². The highest BCUT2D eigenvalue weighted by Gasteiger charge is 2.16. The van der Waals surface area contributed by atoms with Crippen molar-refractivity contribution in [1.29, 1.82) is 0 Å². The lowest BCUT2D eigenvalue weighted by molar-refractivity contribution is -0.135. The van der Waals surface area contributed by atoms with E-state index in [4.69, 9.17) is 10.5 Å². The minimum absolute atomic E-state index is 0.0471. The number of amides is 2. The second-order valence-corrected chi connectivity index (χ2v) is 4.62. The second-order valence-electron chi connectivity index (χ2n) is 4.62. The lowest BCUT2D eigenvalue weighted by Gasteiger charge is -2.26. The smallest absolute Gasteiger partial charge is 0.251 e. The summed E-state index contributed by atoms with van der Waals surface area (Å²) in [4.78, 5) is 25.4. The Morgan fingerprint density at radius 3 is 2.50 bits per heavy atom. The van der Waals surface area contributed by atoms with Gasteiger partial charge >= 0.3 is 0 Å². The van der Waals surface area contributed by atoms with Crippen molar-refractivity contribution in [3.8, 4) is 0 Å². The first-order valence-corrected chi connectivity index (χ1v) is 6.66. The Labute approximate surface area is 117 Å². The van der Waals surface area contributed by atoms with E-state index in [0.29, 0.717) is 50.5 Å². The molecule has 2 rings (SSSR count). The summed E-state index contributed by atoms with van der Waals surface area (Å²) in [5, 5.41) is 2.73. The van der Waals surface area contributed by atoms with Gasteiger partial charge in [-0.3, -0.25) is 9.59 Å². The number of anilines is 1. The monoisotopic (exact) mass is 277 g/mol. The van der Waals surface area contributed by atoms with Gasteiger partial charge in [-0.25, -0.2) is 0 Å². The van der Waals surface area contributed by atoms with Gasteiger partial charge < -0.3 is 20.7 Å². The van der Waals surface area contributed by atoms with Gasteiger partial charge in [-0.1, -0.05) is 0 Å². The highest BCUT2D eigenvalue weighted by atomic mass is 16.5. The summed E-state index contributed by atoms with van der Waals surface area (Å²) < 4.78 is 5.19. The Bertz CT molecular complexity index is 467. The number of nitrogens with one attached hydrogen (secondary N) is 1. The fourth-order valence-corrected chi connectivity index (χ4v) is 1.99. The van der Waals surface area contributed by atoms with E-state index in [0.717, 1.165) is 0 Å². The van der Waals surface area contributed by atoms with Gasteiger partial charge in [-0.05, 0) is 24.3 Å². The lowest BCUT2D eigenvalue weighted by Crippen LogP contribution is -2.42. The zero-order valence-electron chi connectivity index (χ0n) is 11.3. The van der Waals surface area contributed by atoms with Crippen LogP contribution in [0.5, 0.6) is 0 Å². The first kappa shape index (κ1) is 14.3. The fourth-order valence-electron chi connectivity index (χ4n) is 1.99. The third-order valence-corrected chi connectivity index (χ3v) is 3.16. The first-order valence-electron chi connectivity index (χ1n) is 6.66. The highest BCUT2D eigenvalue weighted by Crippen LogP contribution is 2.05. The summed E-state index contributed by atoms with van der Waals surface area (Å²) in [6, 6.07) is 6.67. The van der Waals surface area contributed by atoms with Gasteiger partial charge in [0.2, 0.25) is 5.91 Å². The predicted octanol–water partition coefficient (Wildman–Crippen LogP) is 0.248. The van der Waals surface area contributed by atoms with Crippen LogP contribution in [0.2, 0.25) is 0 Å². The molecule has 2 amide bonds. The number of nitrogens with two attached hydrogens (primary N) is 1. The Kier molecular flexibility index (Phi) is 4.95. The number of hydrogen-bond acceptors (Lipinski definition) is 4. The summed E-state index contributed by atoms with van der Waals surface area (Å²) >= 11 is 0. The van der Waals surface area contributed by atoms with Crippen LogP contribution >= 0.6 is 0 Å². The highest BCUT2D eigenvalue weighted by molar-refractivity contribution is 5.94. The average Bonchev–Trinajstić information content (AvgIpc) is 2.48. The fraction of sp³-hybridized carbons (Fsp3) is 0.429. The quantitative estimate of drug-likeness (QED) is 0.773. The largest absolute Gasteiger partial charge is 0.399 e. The van der Waals surface area contributed by atoms with Gasteiger partial charge in [0.15, 0.2) is 0 Å². The lowest BCUT2D eigenvalue weighted by atomic mass is 10.2. The number of rotatable bonds is 4. The van der Waals surface area contributed by atoms with Crippen molar-refractivity contribution in [3.63, 3.8) is 0 Å². The van der Waals surface area contributed by atoms with Crippen molar-refractivity contribution in [2.75, 3.05) is 38.6 Å². The second kappa shape index (κ2) is 6.91. The zero-order chi connectivity index (χ0) is 14.4. The molecule has 108 valence electrons. The van der Waals surface area contributed by atoms with Crippen LogP contribution < -0.4 is 11.1 Å². The number of ether oxygens (including phenoxy) is 1. The van der Waals surface area contributed by atoms with E-state index in [1.807, 2.05) is 0 Å². The van der Waals surface area contributed by atoms with E-state index in [-0.39, 0.29) is 11.8 Å². The van der Waals surface area contributed by atoms with Crippen molar-refractivity contribution in [2.45, 2.75) is 6.42 Å². The normalized spacial score (nSPS) is 14.9. The van der Waals surface area contributed by atoms with E-state index in [1.165, 1.54) is 0 Å². The molecule has 0 radical (unpaired) electrons. The van der Waals surface area contributed by atoms with Crippen LogP contribution in [0.15, 0.2) is 24.3 Å². The zero-order valence-corrected chi connectivity index (χ0v) is 11.3. The number of morpholine rings is 1. The van der Waals surface area contributed by atoms with Gasteiger partial charge in [0.05, 0.1) is 13.2 Å². The molecule has 0 atom stereocenters. The SMILES string of the molecule is Nc1ccc(C(=O)NCCC(=O)N2CCOCC2)cc1. The van der Waals surface area contributed by atoms with Crippen molar-refractivity contribution in [2.24, 2.45) is 0 Å². The van der Waals surface area contributed by atoms with Crippen molar-refractivity contribution in [1.82, 2.24) is 10.2 Å². The molecule has 0 spiro atoms. The maximum Gasteiger partial charge on any atom is 0.251 e. The molecule has 6 heteroatoms. The summed E-state index contributed by atoms with van der Waals surface area (Å²) in [7, 11) is 0. The van der Waals surface area contributed by atoms with E-state index < -0.39 is 0 Å². The third-order valence-electron chi connectivity index (χ3n) is 3.16. The van der Waals surface area contributed by atoms with Gasteiger partial charge in [0, 0.05) is 37.3 Å². The molecule has 0 unspecified atom stereocenters. The van der Waals surface area contributed by atoms with Crippen molar-refractivity contribution in [3.05, 3.63) is 29.8 Å². The number of hydrogen-bond donors (Lipinski definition) is 2. The number of benzene rings is 1. The molecular formula is C14H19N3O3. The molecule has 1 saturated heterocycles. The summed E-state index contributed by atoms with van der Waals surface area (Å²) in [6.45, 7) is 2.77. The maximum atomic E-state index is 11.9. The van der Waals surface area contributed by atoms with E-state index >= 15 is 0 Å². The molecule has 3 N–H and O–H groups in total. The Balaban J connectivity index is 1.73. The summed E-state index contributed by atoms with van der Waals surface area (Å²) in [5.74, 6) is -0.148. The van der Waals surface area contributed by atoms with Crippen LogP contribution in [0, 0.1) is 0 Å². The maximum absolute atomic E-state index is 11.9. The number of nitrogens with zero attached hydrogens (tertiary/aromatic N) is 1. The molecule has 6 nitrogen and oxygen atoms in total. The molecule has 0 aliphatic carbocycles. The minimum Gasteiger partial charge on any atom is -0.399 e. The molecule has 0 aromatic heterocycles. The van der Waals surface area contributed by atoms with E-state index in [2.05, 4.69) is 5.32 Å². The van der Waals surface area contributed by atoms with Crippen molar-refractivity contribution < 1.29 is 14.3 Å². The Morgan fingerprint density at radius 1 is 1.20 bits per heavy atom. The molecule has 1 aliphatic heterocycles. The van der Waals surface area contributed by atoms with Crippen LogP contribution in [-0.4, -0.2) is 49.6 Å². The number of carbonyl (C=O) groups is 2. The molecular weight excluding hydrogens is 258 g/mol. The number of carbonyl (C=O) groups excluding carboxylic acids is 2. The summed E-state index contributed by atoms with van der Waals surface area (Å²) in [6.07, 6.45) is 0.306. The Hall–Kier alpha value is -2.08. The molecule has 1 fully saturated rings. The van der Waals surface area contributed by atoms with Crippen LogP contribution in [0.3, 0.4) is 0 Å². The number of nitrogen functional groups attached to an aromatic ring is 1.